The Bertz CT molecular complexity index is 498. The molecule has 16 heavy (non-hydrogen) atoms. The van der Waals surface area contributed by atoms with Gasteiger partial charge in [0.25, 0.3) is 5.89 Å². The summed E-state index contributed by atoms with van der Waals surface area (Å²) in [7, 11) is 0. The van der Waals surface area contributed by atoms with Gasteiger partial charge in [-0.05, 0) is 24.3 Å². The van der Waals surface area contributed by atoms with Gasteiger partial charge in [0.2, 0.25) is 5.89 Å². The Kier molecular flexibility index (Phi) is 3.82. The molecular weight excluding hydrogens is 210 g/mol. The van der Waals surface area contributed by atoms with Gasteiger partial charge in [0.1, 0.15) is 11.8 Å². The van der Waals surface area contributed by atoms with Crippen LogP contribution in [0.25, 0.3) is 11.5 Å². The zero-order valence-electron chi connectivity index (χ0n) is 8.31. The molecule has 0 aliphatic carbocycles. The standard InChI is InChI=1S/C9H5FN2O3.Li/c10-6-3-1-5(2-4-6)7-11-12-8(15-7)9(13)14;/h1-4H,(H,13,14);/q;+1/p-1. The second-order valence-electron chi connectivity index (χ2n) is 2.71. The minimum Gasteiger partial charge on any atom is -0.540 e. The molecule has 0 spiro atoms. The number of hydrogen-bond acceptors (Lipinski definition) is 5. The van der Waals surface area contributed by atoms with Crippen LogP contribution in [0.3, 0.4) is 0 Å². The van der Waals surface area contributed by atoms with Crippen LogP contribution in [0.15, 0.2) is 28.7 Å². The third-order valence-corrected chi connectivity index (χ3v) is 1.69. The van der Waals surface area contributed by atoms with E-state index in [-0.39, 0.29) is 24.8 Å². The third kappa shape index (κ3) is 2.48. The van der Waals surface area contributed by atoms with Crippen LogP contribution in [0.5, 0.6) is 0 Å². The molecule has 0 aliphatic heterocycles. The molecule has 1 heterocycles. The average molecular weight is 214 g/mol. The molecule has 7 heteroatoms. The molecule has 0 radical (unpaired) electrons. The van der Waals surface area contributed by atoms with Crippen LogP contribution in [0.1, 0.15) is 10.7 Å². The van der Waals surface area contributed by atoms with E-state index >= 15 is 0 Å². The number of rotatable bonds is 2. The number of carboxylic acids is 1. The number of aromatic carboxylic acids is 1. The topological polar surface area (TPSA) is 79.0 Å². The summed E-state index contributed by atoms with van der Waals surface area (Å²) in [5.74, 6) is -2.54. The summed E-state index contributed by atoms with van der Waals surface area (Å²) in [4.78, 5) is 10.3. The van der Waals surface area contributed by atoms with Crippen LogP contribution in [0.4, 0.5) is 4.39 Å². The predicted molar refractivity (Wildman–Crippen MR) is 44.0 cm³/mol. The molecule has 0 amide bonds. The van der Waals surface area contributed by atoms with Crippen molar-refractivity contribution in [3.05, 3.63) is 36.0 Å². The number of hydrogen-bond donors (Lipinski definition) is 0. The van der Waals surface area contributed by atoms with E-state index in [2.05, 4.69) is 10.2 Å². The van der Waals surface area contributed by atoms with Crippen LogP contribution < -0.4 is 24.0 Å². The van der Waals surface area contributed by atoms with Crippen LogP contribution in [0.2, 0.25) is 0 Å². The quantitative estimate of drug-likeness (QED) is 0.506. The first kappa shape index (κ1) is 12.4. The second-order valence-corrected chi connectivity index (χ2v) is 2.71. The molecule has 0 aliphatic rings. The van der Waals surface area contributed by atoms with Gasteiger partial charge >= 0.3 is 18.9 Å². The van der Waals surface area contributed by atoms with Crippen LogP contribution in [-0.2, 0) is 0 Å². The number of benzene rings is 1. The Hall–Kier alpha value is -1.64. The van der Waals surface area contributed by atoms with E-state index in [1.54, 1.807) is 0 Å². The number of aromatic nitrogens is 2. The molecular formula is C9H4FLiN2O3. The number of carbonyl (C=O) groups excluding carboxylic acids is 1. The van der Waals surface area contributed by atoms with Crippen LogP contribution in [0, 0.1) is 5.82 Å². The Morgan fingerprint density at radius 2 is 1.88 bits per heavy atom. The molecule has 0 bridgehead atoms. The molecule has 2 rings (SSSR count). The SMILES string of the molecule is O=C([O-])c1nnc(-c2ccc(F)cc2)o1.[Li+]. The van der Waals surface area contributed by atoms with E-state index in [9.17, 15) is 14.3 Å². The number of halogens is 1. The molecule has 5 nitrogen and oxygen atoms in total. The molecule has 0 N–H and O–H groups in total. The van der Waals surface area contributed by atoms with E-state index in [0.29, 0.717) is 5.56 Å². The van der Waals surface area contributed by atoms with Crippen molar-refractivity contribution in [2.45, 2.75) is 0 Å². The van der Waals surface area contributed by atoms with Gasteiger partial charge in [-0.1, -0.05) is 0 Å². The molecule has 2 aromatic rings. The van der Waals surface area contributed by atoms with Crippen molar-refractivity contribution in [3.63, 3.8) is 0 Å². The van der Waals surface area contributed by atoms with Crippen molar-refractivity contribution < 1.29 is 37.6 Å². The summed E-state index contributed by atoms with van der Waals surface area (Å²) in [6.07, 6.45) is 0. The summed E-state index contributed by atoms with van der Waals surface area (Å²) >= 11 is 0. The van der Waals surface area contributed by atoms with Gasteiger partial charge in [-0.2, -0.15) is 0 Å². The van der Waals surface area contributed by atoms with Gasteiger partial charge in [-0.25, -0.2) is 4.39 Å². The van der Waals surface area contributed by atoms with Gasteiger partial charge < -0.3 is 14.3 Å². The van der Waals surface area contributed by atoms with Crippen molar-refractivity contribution >= 4 is 5.97 Å². The normalized spacial score (nSPS) is 9.56. The Balaban J connectivity index is 0.00000128. The Morgan fingerprint density at radius 3 is 2.38 bits per heavy atom. The molecule has 0 fully saturated rings. The zero-order chi connectivity index (χ0) is 10.8. The fraction of sp³-hybridized carbons (Fsp3) is 0. The molecule has 0 saturated carbocycles. The van der Waals surface area contributed by atoms with Crippen molar-refractivity contribution in [3.8, 4) is 11.5 Å². The van der Waals surface area contributed by atoms with Gasteiger partial charge in [-0.3, -0.25) is 0 Å². The molecule has 0 saturated heterocycles. The summed E-state index contributed by atoms with van der Waals surface area (Å²) in [6.45, 7) is 0. The zero-order valence-corrected chi connectivity index (χ0v) is 8.31. The van der Waals surface area contributed by atoms with Crippen molar-refractivity contribution in [2.24, 2.45) is 0 Å². The van der Waals surface area contributed by atoms with E-state index in [4.69, 9.17) is 4.42 Å². The molecule has 76 valence electrons. The van der Waals surface area contributed by atoms with Gasteiger partial charge in [-0.15, -0.1) is 10.2 Å². The van der Waals surface area contributed by atoms with Gasteiger partial charge in [0, 0.05) is 5.56 Å². The van der Waals surface area contributed by atoms with Gasteiger partial charge in [0.15, 0.2) is 0 Å². The third-order valence-electron chi connectivity index (χ3n) is 1.69. The fourth-order valence-corrected chi connectivity index (χ4v) is 1.01. The molecule has 1 aromatic heterocycles. The van der Waals surface area contributed by atoms with Gasteiger partial charge in [0.05, 0.1) is 0 Å². The molecule has 0 unspecified atom stereocenters. The van der Waals surface area contributed by atoms with Crippen LogP contribution >= 0.6 is 0 Å². The summed E-state index contributed by atoms with van der Waals surface area (Å²) < 4.78 is 17.3. The van der Waals surface area contributed by atoms with E-state index < -0.39 is 17.7 Å². The first-order valence-electron chi connectivity index (χ1n) is 3.97. The minimum atomic E-state index is -1.55. The molecule has 0 atom stereocenters. The maximum Gasteiger partial charge on any atom is 1.00 e. The first-order valence-corrected chi connectivity index (χ1v) is 3.97. The predicted octanol–water partition coefficient (Wildman–Crippen LogP) is -2.76. The van der Waals surface area contributed by atoms with Crippen molar-refractivity contribution in [1.29, 1.82) is 0 Å². The summed E-state index contributed by atoms with van der Waals surface area (Å²) in [6, 6.07) is 5.22. The summed E-state index contributed by atoms with van der Waals surface area (Å²) in [5.41, 5.74) is 0.441. The number of carboxylic acid groups (broad SMARTS) is 1. The average Bonchev–Trinajstić information content (AvgIpc) is 2.68. The summed E-state index contributed by atoms with van der Waals surface area (Å²) in [5, 5.41) is 17.1. The fourth-order valence-electron chi connectivity index (χ4n) is 1.01. The number of nitrogens with zero attached hydrogens (tertiary/aromatic N) is 2. The first-order chi connectivity index (χ1) is 7.16. The van der Waals surface area contributed by atoms with Crippen molar-refractivity contribution in [2.75, 3.05) is 0 Å². The monoisotopic (exact) mass is 214 g/mol. The van der Waals surface area contributed by atoms with Crippen LogP contribution in [-0.4, -0.2) is 16.2 Å². The van der Waals surface area contributed by atoms with E-state index in [1.807, 2.05) is 0 Å². The Labute approximate surface area is 101 Å². The Morgan fingerprint density at radius 1 is 1.25 bits per heavy atom. The smallest absolute Gasteiger partial charge is 0.540 e. The van der Waals surface area contributed by atoms with E-state index in [0.717, 1.165) is 0 Å². The maximum atomic E-state index is 12.6. The largest absolute Gasteiger partial charge is 1.00 e. The maximum absolute atomic E-state index is 12.6. The second kappa shape index (κ2) is 4.92. The molecule has 1 aromatic carbocycles. The number of carbonyl (C=O) groups is 1. The minimum absolute atomic E-state index is 0. The van der Waals surface area contributed by atoms with Crippen molar-refractivity contribution in [1.82, 2.24) is 10.2 Å². The van der Waals surface area contributed by atoms with E-state index in [1.165, 1.54) is 24.3 Å².